The first-order chi connectivity index (χ1) is 13.4. The molecule has 0 radical (unpaired) electrons. The lowest BCUT2D eigenvalue weighted by Crippen LogP contribution is -2.31. The van der Waals surface area contributed by atoms with Crippen molar-refractivity contribution in [2.24, 2.45) is 0 Å². The quantitative estimate of drug-likeness (QED) is 0.447. The van der Waals surface area contributed by atoms with Crippen LogP contribution in [0.3, 0.4) is 0 Å². The lowest BCUT2D eigenvalue weighted by molar-refractivity contribution is -0.385. The number of nitrogens with zero attached hydrogens (tertiary/aromatic N) is 1. The molecule has 0 saturated carbocycles. The van der Waals surface area contributed by atoms with Crippen LogP contribution in [0.15, 0.2) is 36.4 Å². The summed E-state index contributed by atoms with van der Waals surface area (Å²) in [6.07, 6.45) is -6.34. The van der Waals surface area contributed by atoms with Gasteiger partial charge in [0.25, 0.3) is 11.6 Å². The van der Waals surface area contributed by atoms with Gasteiger partial charge in [-0.05, 0) is 44.0 Å². The average molecular weight is 410 g/mol. The largest absolute Gasteiger partial charge is 0.449 e. The van der Waals surface area contributed by atoms with Gasteiger partial charge in [-0.2, -0.15) is 13.2 Å². The molecule has 0 heterocycles. The van der Waals surface area contributed by atoms with E-state index in [1.54, 1.807) is 26.0 Å². The third-order valence-corrected chi connectivity index (χ3v) is 4.25. The van der Waals surface area contributed by atoms with Crippen LogP contribution in [0, 0.1) is 24.0 Å². The zero-order chi connectivity index (χ0) is 21.9. The number of esters is 1. The molecule has 10 heteroatoms. The standard InChI is InChI=1S/C19H17F3N2O5/c1-10-5-4-6-14(11(10)2)18(26)29-12(3)17(25)23-16-8-7-13(24(27)28)9-15(16)19(20,21)22/h4-9,12H,1-3H3,(H,23,25)/t12-/m0/s1. The van der Waals surface area contributed by atoms with Crippen molar-refractivity contribution < 1.29 is 32.4 Å². The number of amides is 1. The Bertz CT molecular complexity index is 973. The highest BCUT2D eigenvalue weighted by Crippen LogP contribution is 2.37. The number of nitro groups is 1. The van der Waals surface area contributed by atoms with Crippen LogP contribution in [0.4, 0.5) is 24.5 Å². The number of non-ortho nitro benzene ring substituents is 1. The molecule has 7 nitrogen and oxygen atoms in total. The first-order valence-corrected chi connectivity index (χ1v) is 8.35. The third kappa shape index (κ3) is 5.09. The molecule has 0 aliphatic carbocycles. The van der Waals surface area contributed by atoms with Crippen molar-refractivity contribution >= 4 is 23.3 Å². The fraction of sp³-hybridized carbons (Fsp3) is 0.263. The zero-order valence-corrected chi connectivity index (χ0v) is 15.7. The van der Waals surface area contributed by atoms with Crippen molar-refractivity contribution in [3.63, 3.8) is 0 Å². The summed E-state index contributed by atoms with van der Waals surface area (Å²) in [7, 11) is 0. The number of hydrogen-bond acceptors (Lipinski definition) is 5. The van der Waals surface area contributed by atoms with Gasteiger partial charge < -0.3 is 10.1 Å². The zero-order valence-electron chi connectivity index (χ0n) is 15.7. The monoisotopic (exact) mass is 410 g/mol. The second-order valence-electron chi connectivity index (χ2n) is 6.27. The molecule has 0 saturated heterocycles. The van der Waals surface area contributed by atoms with Crippen LogP contribution in [0.5, 0.6) is 0 Å². The van der Waals surface area contributed by atoms with Gasteiger partial charge in [0.2, 0.25) is 0 Å². The summed E-state index contributed by atoms with van der Waals surface area (Å²) < 4.78 is 44.6. The molecule has 0 aliphatic rings. The predicted molar refractivity (Wildman–Crippen MR) is 97.5 cm³/mol. The Hall–Kier alpha value is -3.43. The van der Waals surface area contributed by atoms with Gasteiger partial charge in [-0.1, -0.05) is 12.1 Å². The van der Waals surface area contributed by atoms with E-state index in [0.717, 1.165) is 17.7 Å². The van der Waals surface area contributed by atoms with Crippen LogP contribution in [0.1, 0.15) is 34.0 Å². The number of rotatable bonds is 5. The summed E-state index contributed by atoms with van der Waals surface area (Å²) in [6, 6.07) is 6.86. The lowest BCUT2D eigenvalue weighted by atomic mass is 10.0. The minimum atomic E-state index is -4.94. The maximum Gasteiger partial charge on any atom is 0.418 e. The maximum absolute atomic E-state index is 13.2. The number of benzene rings is 2. The van der Waals surface area contributed by atoms with Crippen LogP contribution >= 0.6 is 0 Å². The van der Waals surface area contributed by atoms with Gasteiger partial charge >= 0.3 is 12.1 Å². The van der Waals surface area contributed by atoms with E-state index in [9.17, 15) is 32.9 Å². The van der Waals surface area contributed by atoms with E-state index in [4.69, 9.17) is 4.74 Å². The number of alkyl halides is 3. The molecule has 0 fully saturated rings. The lowest BCUT2D eigenvalue weighted by Gasteiger charge is -2.17. The molecule has 0 unspecified atom stereocenters. The van der Waals surface area contributed by atoms with Gasteiger partial charge in [0.1, 0.15) is 0 Å². The summed E-state index contributed by atoms with van der Waals surface area (Å²) in [5, 5.41) is 12.7. The third-order valence-electron chi connectivity index (χ3n) is 4.25. The van der Waals surface area contributed by atoms with Gasteiger partial charge in [0, 0.05) is 12.1 Å². The minimum absolute atomic E-state index is 0.232. The average Bonchev–Trinajstić information content (AvgIpc) is 2.62. The van der Waals surface area contributed by atoms with Crippen LogP contribution in [-0.4, -0.2) is 22.9 Å². The van der Waals surface area contributed by atoms with Gasteiger partial charge in [0.15, 0.2) is 6.10 Å². The SMILES string of the molecule is Cc1cccc(C(=O)O[C@@H](C)C(=O)Nc2ccc([N+](=O)[O-])cc2C(F)(F)F)c1C. The molecule has 0 spiro atoms. The molecule has 0 aliphatic heterocycles. The number of halogens is 3. The molecule has 1 amide bonds. The highest BCUT2D eigenvalue weighted by molar-refractivity contribution is 5.98. The molecule has 0 aromatic heterocycles. The molecule has 0 bridgehead atoms. The fourth-order valence-corrected chi connectivity index (χ4v) is 2.47. The number of carbonyl (C=O) groups is 2. The van der Waals surface area contributed by atoms with Gasteiger partial charge in [-0.15, -0.1) is 0 Å². The van der Waals surface area contributed by atoms with Crippen LogP contribution in [0.25, 0.3) is 0 Å². The number of ether oxygens (including phenoxy) is 1. The number of anilines is 1. The van der Waals surface area contributed by atoms with Gasteiger partial charge in [0.05, 0.1) is 21.7 Å². The first kappa shape index (κ1) is 21.9. The van der Waals surface area contributed by atoms with E-state index >= 15 is 0 Å². The van der Waals surface area contributed by atoms with E-state index in [1.807, 2.05) is 5.32 Å². The molecule has 2 rings (SSSR count). The number of nitro benzene ring substituents is 1. The fourth-order valence-electron chi connectivity index (χ4n) is 2.47. The highest BCUT2D eigenvalue weighted by atomic mass is 19.4. The summed E-state index contributed by atoms with van der Waals surface area (Å²) >= 11 is 0. The summed E-state index contributed by atoms with van der Waals surface area (Å²) in [6.45, 7) is 4.69. The van der Waals surface area contributed by atoms with Crippen molar-refractivity contribution in [1.82, 2.24) is 0 Å². The molecule has 154 valence electrons. The van der Waals surface area contributed by atoms with Crippen molar-refractivity contribution in [2.45, 2.75) is 33.1 Å². The van der Waals surface area contributed by atoms with E-state index < -0.39 is 46.0 Å². The minimum Gasteiger partial charge on any atom is -0.449 e. The second kappa shape index (κ2) is 8.29. The van der Waals surface area contributed by atoms with Crippen molar-refractivity contribution in [2.75, 3.05) is 5.32 Å². The molecule has 2 aromatic rings. The Kier molecular flexibility index (Phi) is 6.25. The second-order valence-corrected chi connectivity index (χ2v) is 6.27. The van der Waals surface area contributed by atoms with Crippen LogP contribution in [-0.2, 0) is 15.7 Å². The van der Waals surface area contributed by atoms with Crippen LogP contribution < -0.4 is 5.32 Å². The molecule has 29 heavy (non-hydrogen) atoms. The van der Waals surface area contributed by atoms with Crippen molar-refractivity contribution in [3.05, 3.63) is 68.8 Å². The highest BCUT2D eigenvalue weighted by Gasteiger charge is 2.36. The Morgan fingerprint density at radius 2 is 1.83 bits per heavy atom. The summed E-state index contributed by atoms with van der Waals surface area (Å²) in [4.78, 5) is 34.3. The first-order valence-electron chi connectivity index (χ1n) is 8.35. The van der Waals surface area contributed by atoms with E-state index in [-0.39, 0.29) is 5.56 Å². The number of carbonyl (C=O) groups excluding carboxylic acids is 2. The predicted octanol–water partition coefficient (Wildman–Crippen LogP) is 4.41. The van der Waals surface area contributed by atoms with Crippen LogP contribution in [0.2, 0.25) is 0 Å². The summed E-state index contributed by atoms with van der Waals surface area (Å²) in [5.74, 6) is -1.81. The molecular formula is C19H17F3N2O5. The topological polar surface area (TPSA) is 98.5 Å². The number of hydrogen-bond donors (Lipinski definition) is 1. The molecular weight excluding hydrogens is 393 g/mol. The smallest absolute Gasteiger partial charge is 0.418 e. The maximum atomic E-state index is 13.2. The Morgan fingerprint density at radius 3 is 2.41 bits per heavy atom. The van der Waals surface area contributed by atoms with Crippen molar-refractivity contribution in [1.29, 1.82) is 0 Å². The summed E-state index contributed by atoms with van der Waals surface area (Å²) in [5.41, 5.74) is -1.12. The van der Waals surface area contributed by atoms with E-state index in [1.165, 1.54) is 13.0 Å². The number of nitrogens with one attached hydrogen (secondary N) is 1. The van der Waals surface area contributed by atoms with E-state index in [0.29, 0.717) is 11.6 Å². The molecule has 1 atom stereocenters. The van der Waals surface area contributed by atoms with Crippen molar-refractivity contribution in [3.8, 4) is 0 Å². The Morgan fingerprint density at radius 1 is 1.17 bits per heavy atom. The van der Waals surface area contributed by atoms with E-state index in [2.05, 4.69) is 0 Å². The normalized spacial score (nSPS) is 12.2. The van der Waals surface area contributed by atoms with Gasteiger partial charge in [-0.25, -0.2) is 4.79 Å². The number of aryl methyl sites for hydroxylation is 1. The van der Waals surface area contributed by atoms with Gasteiger partial charge in [-0.3, -0.25) is 14.9 Å². The molecule has 2 aromatic carbocycles. The Balaban J connectivity index is 2.20. The molecule has 1 N–H and O–H groups in total. The Labute approximate surface area is 163 Å².